The highest BCUT2D eigenvalue weighted by atomic mass is 16.2. The molecule has 0 aliphatic carbocycles. The number of carbonyl (C=O) groups is 2. The van der Waals surface area contributed by atoms with Crippen LogP contribution in [0.1, 0.15) is 28.9 Å². The normalized spacial score (nSPS) is 17.1. The fraction of sp³-hybridized carbons (Fsp3) is 0.545. The summed E-state index contributed by atoms with van der Waals surface area (Å²) in [7, 11) is 0. The highest BCUT2D eigenvalue weighted by molar-refractivity contribution is 5.95. The van der Waals surface area contributed by atoms with Gasteiger partial charge in [-0.25, -0.2) is 0 Å². The van der Waals surface area contributed by atoms with Gasteiger partial charge in [0.1, 0.15) is 0 Å². The molecule has 0 bridgehead atoms. The van der Waals surface area contributed by atoms with E-state index in [2.05, 4.69) is 10.2 Å². The molecule has 2 rings (SSSR count). The number of amides is 2. The number of H-pyrrole nitrogens is 1. The van der Waals surface area contributed by atoms with E-state index in [1.807, 2.05) is 6.92 Å². The highest BCUT2D eigenvalue weighted by Crippen LogP contribution is 2.19. The second-order valence-corrected chi connectivity index (χ2v) is 4.38. The van der Waals surface area contributed by atoms with Gasteiger partial charge in [0.2, 0.25) is 5.91 Å². The molecule has 0 saturated carbocycles. The molecule has 6 nitrogen and oxygen atoms in total. The van der Waals surface area contributed by atoms with Crippen LogP contribution in [0.3, 0.4) is 0 Å². The standard InChI is InChI=1S/C11H16N4O2/c1-7-9(6-13-14-7)11(17)15-4-2-8(3-5-15)10(12)16/h6,8H,2-5H2,1H3,(H2,12,16)(H,13,14). The van der Waals surface area contributed by atoms with E-state index in [0.717, 1.165) is 5.69 Å². The number of aryl methyl sites for hydroxylation is 1. The molecule has 17 heavy (non-hydrogen) atoms. The molecule has 2 amide bonds. The van der Waals surface area contributed by atoms with Crippen LogP contribution in [0.15, 0.2) is 6.20 Å². The Balaban J connectivity index is 2.00. The zero-order valence-electron chi connectivity index (χ0n) is 9.77. The van der Waals surface area contributed by atoms with Gasteiger partial charge in [-0.1, -0.05) is 0 Å². The Morgan fingerprint density at radius 1 is 1.47 bits per heavy atom. The van der Waals surface area contributed by atoms with Gasteiger partial charge in [0.15, 0.2) is 0 Å². The number of hydrogen-bond donors (Lipinski definition) is 2. The summed E-state index contributed by atoms with van der Waals surface area (Å²) in [5.41, 5.74) is 6.62. The minimum absolute atomic E-state index is 0.0285. The van der Waals surface area contributed by atoms with Crippen LogP contribution in [0.25, 0.3) is 0 Å². The van der Waals surface area contributed by atoms with Crippen molar-refractivity contribution < 1.29 is 9.59 Å². The van der Waals surface area contributed by atoms with Gasteiger partial charge in [-0.3, -0.25) is 14.7 Å². The van der Waals surface area contributed by atoms with Gasteiger partial charge in [0, 0.05) is 24.7 Å². The minimum atomic E-state index is -0.267. The molecule has 1 aromatic rings. The summed E-state index contributed by atoms with van der Waals surface area (Å²) in [6.45, 7) is 2.98. The molecule has 1 saturated heterocycles. The number of nitrogens with one attached hydrogen (secondary N) is 1. The third-order valence-corrected chi connectivity index (χ3v) is 3.24. The molecule has 3 N–H and O–H groups in total. The van der Waals surface area contributed by atoms with E-state index in [0.29, 0.717) is 31.5 Å². The second kappa shape index (κ2) is 4.57. The van der Waals surface area contributed by atoms with E-state index in [-0.39, 0.29) is 17.7 Å². The van der Waals surface area contributed by atoms with E-state index in [1.54, 1.807) is 4.90 Å². The topological polar surface area (TPSA) is 92.1 Å². The first-order valence-electron chi connectivity index (χ1n) is 5.68. The maximum Gasteiger partial charge on any atom is 0.257 e. The summed E-state index contributed by atoms with van der Waals surface area (Å²) >= 11 is 0. The molecule has 0 spiro atoms. The average molecular weight is 236 g/mol. The van der Waals surface area contributed by atoms with Gasteiger partial charge in [-0.05, 0) is 19.8 Å². The molecular weight excluding hydrogens is 220 g/mol. The van der Waals surface area contributed by atoms with Crippen molar-refractivity contribution in [1.82, 2.24) is 15.1 Å². The molecule has 0 radical (unpaired) electrons. The first kappa shape index (κ1) is 11.6. The summed E-state index contributed by atoms with van der Waals surface area (Å²) in [5, 5.41) is 6.58. The van der Waals surface area contributed by atoms with Crippen LogP contribution >= 0.6 is 0 Å². The predicted octanol–water partition coefficient (Wildman–Crippen LogP) is 0.0556. The Morgan fingerprint density at radius 3 is 2.59 bits per heavy atom. The summed E-state index contributed by atoms with van der Waals surface area (Å²) in [6.07, 6.45) is 2.84. The van der Waals surface area contributed by atoms with Gasteiger partial charge >= 0.3 is 0 Å². The lowest BCUT2D eigenvalue weighted by atomic mass is 9.96. The van der Waals surface area contributed by atoms with Gasteiger partial charge in [0.25, 0.3) is 5.91 Å². The van der Waals surface area contributed by atoms with E-state index < -0.39 is 0 Å². The van der Waals surface area contributed by atoms with Crippen LogP contribution in [0.4, 0.5) is 0 Å². The summed E-state index contributed by atoms with van der Waals surface area (Å²) in [5.74, 6) is -0.389. The number of rotatable bonds is 2. The van der Waals surface area contributed by atoms with Crippen molar-refractivity contribution in [2.45, 2.75) is 19.8 Å². The monoisotopic (exact) mass is 236 g/mol. The molecule has 1 aliphatic heterocycles. The van der Waals surface area contributed by atoms with E-state index in [4.69, 9.17) is 5.73 Å². The van der Waals surface area contributed by atoms with Crippen LogP contribution in [0, 0.1) is 12.8 Å². The molecule has 0 aromatic carbocycles. The average Bonchev–Trinajstić information content (AvgIpc) is 2.74. The third-order valence-electron chi connectivity index (χ3n) is 3.24. The first-order valence-corrected chi connectivity index (χ1v) is 5.68. The van der Waals surface area contributed by atoms with Crippen molar-refractivity contribution in [3.05, 3.63) is 17.5 Å². The molecule has 0 atom stereocenters. The maximum atomic E-state index is 12.1. The SMILES string of the molecule is Cc1[nH]ncc1C(=O)N1CCC(C(N)=O)CC1. The van der Waals surface area contributed by atoms with Crippen LogP contribution < -0.4 is 5.73 Å². The molecule has 1 fully saturated rings. The number of primary amides is 1. The summed E-state index contributed by atoms with van der Waals surface area (Å²) in [4.78, 5) is 24.9. The number of carbonyl (C=O) groups excluding carboxylic acids is 2. The number of likely N-dealkylation sites (tertiary alicyclic amines) is 1. The molecule has 1 aromatic heterocycles. The molecule has 0 unspecified atom stereocenters. The number of aromatic amines is 1. The molecule has 6 heteroatoms. The van der Waals surface area contributed by atoms with Crippen LogP contribution in [-0.2, 0) is 4.79 Å². The lowest BCUT2D eigenvalue weighted by molar-refractivity contribution is -0.123. The number of hydrogen-bond acceptors (Lipinski definition) is 3. The zero-order valence-corrected chi connectivity index (χ0v) is 9.77. The Morgan fingerprint density at radius 2 is 2.12 bits per heavy atom. The van der Waals surface area contributed by atoms with E-state index >= 15 is 0 Å². The largest absolute Gasteiger partial charge is 0.369 e. The third kappa shape index (κ3) is 2.30. The van der Waals surface area contributed by atoms with Gasteiger partial charge in [-0.15, -0.1) is 0 Å². The van der Waals surface area contributed by atoms with Crippen molar-refractivity contribution >= 4 is 11.8 Å². The predicted molar refractivity (Wildman–Crippen MR) is 61.1 cm³/mol. The van der Waals surface area contributed by atoms with Crippen LogP contribution in [0.2, 0.25) is 0 Å². The van der Waals surface area contributed by atoms with Crippen LogP contribution in [0.5, 0.6) is 0 Å². The van der Waals surface area contributed by atoms with Crippen molar-refractivity contribution in [2.75, 3.05) is 13.1 Å². The Labute approximate surface area is 99.2 Å². The van der Waals surface area contributed by atoms with Crippen LogP contribution in [-0.4, -0.2) is 40.0 Å². The number of nitrogens with zero attached hydrogens (tertiary/aromatic N) is 2. The maximum absolute atomic E-state index is 12.1. The van der Waals surface area contributed by atoms with E-state index in [1.165, 1.54) is 6.20 Å². The Kier molecular flexibility index (Phi) is 3.12. The van der Waals surface area contributed by atoms with Crippen molar-refractivity contribution in [1.29, 1.82) is 0 Å². The second-order valence-electron chi connectivity index (χ2n) is 4.38. The fourth-order valence-corrected chi connectivity index (χ4v) is 2.10. The smallest absolute Gasteiger partial charge is 0.257 e. The van der Waals surface area contributed by atoms with Gasteiger partial charge < -0.3 is 10.6 Å². The van der Waals surface area contributed by atoms with Crippen molar-refractivity contribution in [3.63, 3.8) is 0 Å². The molecule has 1 aliphatic rings. The summed E-state index contributed by atoms with van der Waals surface area (Å²) < 4.78 is 0. The molecular formula is C11H16N4O2. The van der Waals surface area contributed by atoms with Crippen molar-refractivity contribution in [2.24, 2.45) is 11.7 Å². The number of aromatic nitrogens is 2. The van der Waals surface area contributed by atoms with Gasteiger partial charge in [-0.2, -0.15) is 5.10 Å². The quantitative estimate of drug-likeness (QED) is 0.760. The number of nitrogens with two attached hydrogens (primary N) is 1. The lowest BCUT2D eigenvalue weighted by Gasteiger charge is -2.30. The van der Waals surface area contributed by atoms with E-state index in [9.17, 15) is 9.59 Å². The molecule has 92 valence electrons. The Hall–Kier alpha value is -1.85. The molecule has 2 heterocycles. The van der Waals surface area contributed by atoms with Crippen molar-refractivity contribution in [3.8, 4) is 0 Å². The first-order chi connectivity index (χ1) is 8.09. The fourth-order valence-electron chi connectivity index (χ4n) is 2.10. The highest BCUT2D eigenvalue weighted by Gasteiger charge is 2.27. The minimum Gasteiger partial charge on any atom is -0.369 e. The lowest BCUT2D eigenvalue weighted by Crippen LogP contribution is -2.41. The Bertz CT molecular complexity index is 432. The number of piperidine rings is 1. The van der Waals surface area contributed by atoms with Gasteiger partial charge in [0.05, 0.1) is 11.8 Å². The summed E-state index contributed by atoms with van der Waals surface area (Å²) in [6, 6.07) is 0. The zero-order chi connectivity index (χ0) is 12.4.